The molecule has 0 spiro atoms. The molecule has 8 nitrogen and oxygen atoms in total. The van der Waals surface area contributed by atoms with Crippen molar-refractivity contribution in [3.05, 3.63) is 36.3 Å². The Kier molecular flexibility index (Phi) is 2.76. The van der Waals surface area contributed by atoms with E-state index in [-0.39, 0.29) is 15.9 Å². The summed E-state index contributed by atoms with van der Waals surface area (Å²) in [5, 5.41) is 30.3. The average Bonchev–Trinajstić information content (AvgIpc) is 2.57. The number of aromatic nitrogens is 1. The smallest absolute Gasteiger partial charge is 0.364 e. The van der Waals surface area contributed by atoms with Gasteiger partial charge in [-0.3, -0.25) is 10.1 Å². The molecule has 0 saturated carbocycles. The zero-order valence-electron chi connectivity index (χ0n) is 8.31. The lowest BCUT2D eigenvalue weighted by Crippen LogP contribution is -1.91. The van der Waals surface area contributed by atoms with Gasteiger partial charge in [0.25, 0.3) is 0 Å². The molecule has 0 fully saturated rings. The highest BCUT2D eigenvalue weighted by atomic mass is 35.5. The highest BCUT2D eigenvalue weighted by Gasteiger charge is 2.31. The van der Waals surface area contributed by atoms with Crippen LogP contribution in [0.25, 0.3) is 10.9 Å². The molecule has 2 aromatic rings. The molecule has 0 aliphatic rings. The number of benzene rings is 1. The number of nitrogens with one attached hydrogen (secondary N) is 1. The number of hydrogen-bond acceptors (Lipinski definition) is 5. The van der Waals surface area contributed by atoms with Gasteiger partial charge in [-0.25, -0.2) is 4.98 Å². The van der Waals surface area contributed by atoms with Gasteiger partial charge in [0.05, 0.1) is 9.95 Å². The van der Waals surface area contributed by atoms with Crippen LogP contribution in [0.3, 0.4) is 0 Å². The van der Waals surface area contributed by atoms with Gasteiger partial charge < -0.3 is 15.2 Å². The number of hydrogen-bond donors (Lipinski definition) is 2. The van der Waals surface area contributed by atoms with Crippen molar-refractivity contribution in [2.75, 3.05) is 0 Å². The van der Waals surface area contributed by atoms with Crippen LogP contribution in [-0.2, 0) is 0 Å². The van der Waals surface area contributed by atoms with Gasteiger partial charge in [0.2, 0.25) is 5.75 Å². The standard InChI is InChI=1S/C8H3Cl2N3O5/c9-2-1-3-4(6(5(2)10)12(15)16)7(14)8(11-3)13(17)18/h1,11,14H. The van der Waals surface area contributed by atoms with Crippen molar-refractivity contribution in [1.82, 2.24) is 4.98 Å². The summed E-state index contributed by atoms with van der Waals surface area (Å²) in [6.45, 7) is 0. The van der Waals surface area contributed by atoms with Gasteiger partial charge in [0.1, 0.15) is 10.5 Å². The summed E-state index contributed by atoms with van der Waals surface area (Å²) in [5.74, 6) is -1.60. The fourth-order valence-electron chi connectivity index (χ4n) is 1.56. The first-order valence-electron chi connectivity index (χ1n) is 4.36. The number of aromatic hydroxyl groups is 1. The van der Waals surface area contributed by atoms with Crippen LogP contribution in [0.4, 0.5) is 11.5 Å². The maximum absolute atomic E-state index is 10.9. The van der Waals surface area contributed by atoms with Crippen LogP contribution >= 0.6 is 23.2 Å². The summed E-state index contributed by atoms with van der Waals surface area (Å²) in [4.78, 5) is 22.0. The quantitative estimate of drug-likeness (QED) is 0.650. The Bertz CT molecular complexity index is 696. The monoisotopic (exact) mass is 291 g/mol. The molecule has 2 rings (SSSR count). The zero-order valence-corrected chi connectivity index (χ0v) is 9.82. The lowest BCUT2D eigenvalue weighted by molar-refractivity contribution is -0.390. The molecule has 0 saturated heterocycles. The molecule has 1 heterocycles. The van der Waals surface area contributed by atoms with Crippen molar-refractivity contribution in [3.63, 3.8) is 0 Å². The van der Waals surface area contributed by atoms with Gasteiger partial charge in [0, 0.05) is 6.07 Å². The molecule has 10 heteroatoms. The van der Waals surface area contributed by atoms with Crippen molar-refractivity contribution >= 4 is 45.6 Å². The summed E-state index contributed by atoms with van der Waals surface area (Å²) in [6.07, 6.45) is 0. The molecule has 2 N–H and O–H groups in total. The van der Waals surface area contributed by atoms with Crippen molar-refractivity contribution in [3.8, 4) is 5.75 Å². The third-order valence-corrected chi connectivity index (χ3v) is 3.05. The van der Waals surface area contributed by atoms with E-state index in [1.807, 2.05) is 0 Å². The van der Waals surface area contributed by atoms with E-state index in [1.54, 1.807) is 0 Å². The number of nitrogens with zero attached hydrogens (tertiary/aromatic N) is 2. The zero-order chi connectivity index (χ0) is 13.6. The molecule has 0 aliphatic carbocycles. The number of nitro groups is 2. The fraction of sp³-hybridized carbons (Fsp3) is 0. The Morgan fingerprint density at radius 1 is 1.22 bits per heavy atom. The van der Waals surface area contributed by atoms with Crippen molar-refractivity contribution < 1.29 is 15.0 Å². The molecule has 1 aromatic heterocycles. The first-order chi connectivity index (χ1) is 8.34. The summed E-state index contributed by atoms with van der Waals surface area (Å²) in [5.41, 5.74) is -0.721. The molecule has 0 bridgehead atoms. The average molecular weight is 292 g/mol. The molecule has 0 amide bonds. The van der Waals surface area contributed by atoms with Gasteiger partial charge >= 0.3 is 11.5 Å². The fourth-order valence-corrected chi connectivity index (χ4v) is 1.98. The highest BCUT2D eigenvalue weighted by Crippen LogP contribution is 2.45. The molecule has 1 aromatic carbocycles. The largest absolute Gasteiger partial charge is 0.500 e. The van der Waals surface area contributed by atoms with Crippen LogP contribution in [0.1, 0.15) is 0 Å². The number of nitro benzene ring substituents is 1. The van der Waals surface area contributed by atoms with Crippen molar-refractivity contribution in [2.45, 2.75) is 0 Å². The van der Waals surface area contributed by atoms with E-state index in [9.17, 15) is 25.3 Å². The van der Waals surface area contributed by atoms with Gasteiger partial charge in [-0.2, -0.15) is 0 Å². The lowest BCUT2D eigenvalue weighted by atomic mass is 10.2. The van der Waals surface area contributed by atoms with Crippen LogP contribution in [0, 0.1) is 20.2 Å². The third kappa shape index (κ3) is 1.62. The normalized spacial score (nSPS) is 10.8. The van der Waals surface area contributed by atoms with Crippen molar-refractivity contribution in [1.29, 1.82) is 0 Å². The van der Waals surface area contributed by atoms with E-state index >= 15 is 0 Å². The molecule has 0 aliphatic heterocycles. The van der Waals surface area contributed by atoms with Crippen LogP contribution in [0.2, 0.25) is 10.0 Å². The molecule has 0 unspecified atom stereocenters. The second-order valence-corrected chi connectivity index (χ2v) is 4.07. The van der Waals surface area contributed by atoms with E-state index in [2.05, 4.69) is 4.98 Å². The second-order valence-electron chi connectivity index (χ2n) is 3.28. The molecular weight excluding hydrogens is 289 g/mol. The van der Waals surface area contributed by atoms with E-state index in [0.717, 1.165) is 0 Å². The SMILES string of the molecule is O=[N+]([O-])c1[nH]c2cc(Cl)c(Cl)c([N+](=O)[O-])c2c1O. The minimum absolute atomic E-state index is 0.0414. The topological polar surface area (TPSA) is 122 Å². The predicted molar refractivity (Wildman–Crippen MR) is 63.3 cm³/mol. The number of rotatable bonds is 2. The number of fused-ring (bicyclic) bond motifs is 1. The number of aromatic amines is 1. The van der Waals surface area contributed by atoms with E-state index < -0.39 is 32.1 Å². The van der Waals surface area contributed by atoms with E-state index in [0.29, 0.717) is 0 Å². The third-order valence-electron chi connectivity index (χ3n) is 2.27. The second kappa shape index (κ2) is 4.00. The molecular formula is C8H3Cl2N3O5. The molecule has 18 heavy (non-hydrogen) atoms. The Labute approximate surface area is 108 Å². The van der Waals surface area contributed by atoms with Crippen LogP contribution in [0.15, 0.2) is 6.07 Å². The molecule has 0 atom stereocenters. The predicted octanol–water partition coefficient (Wildman–Crippen LogP) is 3.00. The van der Waals surface area contributed by atoms with Gasteiger partial charge in [-0.15, -0.1) is 0 Å². The Hall–Kier alpha value is -2.06. The number of H-pyrrole nitrogens is 1. The summed E-state index contributed by atoms with van der Waals surface area (Å²) >= 11 is 11.3. The highest BCUT2D eigenvalue weighted by molar-refractivity contribution is 6.44. The summed E-state index contributed by atoms with van der Waals surface area (Å²) < 4.78 is 0. The molecule has 94 valence electrons. The minimum atomic E-state index is -0.902. The van der Waals surface area contributed by atoms with Crippen LogP contribution in [0.5, 0.6) is 5.75 Å². The Morgan fingerprint density at radius 3 is 2.33 bits per heavy atom. The first-order valence-corrected chi connectivity index (χ1v) is 5.11. The van der Waals surface area contributed by atoms with Gasteiger partial charge in [-0.05, 0) is 4.92 Å². The summed E-state index contributed by atoms with van der Waals surface area (Å²) in [6, 6.07) is 1.17. The number of halogens is 2. The van der Waals surface area contributed by atoms with E-state index in [4.69, 9.17) is 23.2 Å². The maximum atomic E-state index is 10.9. The van der Waals surface area contributed by atoms with Crippen molar-refractivity contribution in [2.24, 2.45) is 0 Å². The summed E-state index contributed by atoms with van der Waals surface area (Å²) in [7, 11) is 0. The van der Waals surface area contributed by atoms with Gasteiger partial charge in [0.15, 0.2) is 5.39 Å². The van der Waals surface area contributed by atoms with Gasteiger partial charge in [-0.1, -0.05) is 23.2 Å². The van der Waals surface area contributed by atoms with Crippen LogP contribution < -0.4 is 0 Å². The lowest BCUT2D eigenvalue weighted by Gasteiger charge is -1.98. The minimum Gasteiger partial charge on any atom is -0.500 e. The molecule has 0 radical (unpaired) electrons. The maximum Gasteiger partial charge on any atom is 0.364 e. The van der Waals surface area contributed by atoms with E-state index in [1.165, 1.54) is 6.07 Å². The Morgan fingerprint density at radius 2 is 1.83 bits per heavy atom. The first kappa shape index (κ1) is 12.4. The van der Waals surface area contributed by atoms with Crippen LogP contribution in [-0.4, -0.2) is 19.9 Å². The Balaban J connectivity index is 3.00.